The highest BCUT2D eigenvalue weighted by Crippen LogP contribution is 2.39. The Morgan fingerprint density at radius 3 is 2.56 bits per heavy atom. The molecule has 0 radical (unpaired) electrons. The van der Waals surface area contributed by atoms with Crippen LogP contribution in [0, 0.1) is 17.8 Å². The maximum atomic E-state index is 12.2. The Morgan fingerprint density at radius 1 is 1.22 bits per heavy atom. The van der Waals surface area contributed by atoms with Crippen LogP contribution in [0.2, 0.25) is 0 Å². The van der Waals surface area contributed by atoms with Crippen LogP contribution in [-0.4, -0.2) is 34.5 Å². The minimum absolute atomic E-state index is 0.189. The van der Waals surface area contributed by atoms with Crippen LogP contribution in [0.15, 0.2) is 0 Å². The molecule has 0 aromatic heterocycles. The van der Waals surface area contributed by atoms with E-state index in [1.807, 2.05) is 4.90 Å². The van der Waals surface area contributed by atoms with Gasteiger partial charge >= 0.3 is 5.97 Å². The molecule has 0 bridgehead atoms. The van der Waals surface area contributed by atoms with Gasteiger partial charge in [-0.2, -0.15) is 0 Å². The zero-order valence-electron chi connectivity index (χ0n) is 11.3. The molecule has 1 aliphatic heterocycles. The van der Waals surface area contributed by atoms with Crippen molar-refractivity contribution in [2.45, 2.75) is 52.0 Å². The second kappa shape index (κ2) is 5.29. The van der Waals surface area contributed by atoms with Gasteiger partial charge in [0.05, 0.1) is 0 Å². The summed E-state index contributed by atoms with van der Waals surface area (Å²) in [5.74, 6) is -0.852. The van der Waals surface area contributed by atoms with Crippen molar-refractivity contribution in [3.05, 3.63) is 0 Å². The number of hydrogen-bond donors (Lipinski definition) is 1. The van der Waals surface area contributed by atoms with E-state index in [4.69, 9.17) is 5.11 Å². The molecule has 18 heavy (non-hydrogen) atoms. The monoisotopic (exact) mass is 253 g/mol. The van der Waals surface area contributed by atoms with Crippen molar-refractivity contribution in [3.63, 3.8) is 0 Å². The molecule has 4 atom stereocenters. The summed E-state index contributed by atoms with van der Waals surface area (Å²) < 4.78 is 0. The summed E-state index contributed by atoms with van der Waals surface area (Å²) in [5, 5.41) is 8.98. The van der Waals surface area contributed by atoms with Gasteiger partial charge in [-0.25, -0.2) is 0 Å². The topological polar surface area (TPSA) is 57.6 Å². The number of fused-ring (bicyclic) bond motifs is 1. The Kier molecular flexibility index (Phi) is 3.93. The molecule has 1 heterocycles. The van der Waals surface area contributed by atoms with E-state index in [1.165, 1.54) is 26.2 Å². The molecule has 2 rings (SSSR count). The van der Waals surface area contributed by atoms with Gasteiger partial charge in [-0.1, -0.05) is 19.8 Å². The van der Waals surface area contributed by atoms with E-state index in [1.54, 1.807) is 0 Å². The van der Waals surface area contributed by atoms with Crippen molar-refractivity contribution in [3.8, 4) is 0 Å². The largest absolute Gasteiger partial charge is 0.481 e. The van der Waals surface area contributed by atoms with Crippen LogP contribution >= 0.6 is 0 Å². The Labute approximate surface area is 108 Å². The third kappa shape index (κ3) is 2.38. The van der Waals surface area contributed by atoms with Gasteiger partial charge in [0.25, 0.3) is 0 Å². The molecule has 1 N–H and O–H groups in total. The van der Waals surface area contributed by atoms with Gasteiger partial charge in [0.15, 0.2) is 0 Å². The summed E-state index contributed by atoms with van der Waals surface area (Å²) in [6.45, 7) is 4.50. The molecule has 1 saturated heterocycles. The van der Waals surface area contributed by atoms with Crippen molar-refractivity contribution in [1.29, 1.82) is 0 Å². The van der Waals surface area contributed by atoms with Gasteiger partial charge in [-0.3, -0.25) is 9.59 Å². The van der Waals surface area contributed by atoms with Gasteiger partial charge in [0, 0.05) is 12.6 Å². The lowest BCUT2D eigenvalue weighted by Gasteiger charge is -2.47. The number of carboxylic acid groups (broad SMARTS) is 1. The predicted molar refractivity (Wildman–Crippen MR) is 68.0 cm³/mol. The van der Waals surface area contributed by atoms with Crippen LogP contribution in [-0.2, 0) is 9.59 Å². The lowest BCUT2D eigenvalue weighted by atomic mass is 9.72. The molecule has 4 nitrogen and oxygen atoms in total. The minimum Gasteiger partial charge on any atom is -0.481 e. The summed E-state index contributed by atoms with van der Waals surface area (Å²) in [7, 11) is 0. The molecule has 1 amide bonds. The highest BCUT2D eigenvalue weighted by molar-refractivity contribution is 5.96. The third-order valence-electron chi connectivity index (χ3n) is 4.76. The quantitative estimate of drug-likeness (QED) is 0.767. The molecule has 102 valence electrons. The second-order valence-corrected chi connectivity index (χ2v) is 5.87. The molecule has 1 saturated carbocycles. The Hall–Kier alpha value is -1.06. The Bertz CT molecular complexity index is 342. The maximum Gasteiger partial charge on any atom is 0.315 e. The lowest BCUT2D eigenvalue weighted by Crippen LogP contribution is -2.54. The SMILES string of the molecule is CC(C(=O)O)C(=O)N1CCC(C)C2CCCCC21. The molecule has 2 fully saturated rings. The van der Waals surface area contributed by atoms with Crippen LogP contribution in [0.1, 0.15) is 46.0 Å². The first kappa shape index (κ1) is 13.4. The van der Waals surface area contributed by atoms with Gasteiger partial charge in [0.1, 0.15) is 5.92 Å². The van der Waals surface area contributed by atoms with E-state index in [9.17, 15) is 9.59 Å². The standard InChI is InChI=1S/C14H23NO3/c1-9-7-8-15(13(16)10(2)14(17)18)12-6-4-3-5-11(9)12/h9-12H,3-8H2,1-2H3,(H,17,18). The van der Waals surface area contributed by atoms with E-state index in [0.29, 0.717) is 11.8 Å². The van der Waals surface area contributed by atoms with Crippen molar-refractivity contribution >= 4 is 11.9 Å². The van der Waals surface area contributed by atoms with Gasteiger partial charge in [-0.15, -0.1) is 0 Å². The first-order valence-corrected chi connectivity index (χ1v) is 7.05. The fourth-order valence-corrected chi connectivity index (χ4v) is 3.54. The van der Waals surface area contributed by atoms with Crippen LogP contribution in [0.3, 0.4) is 0 Å². The number of piperidine rings is 1. The molecule has 4 unspecified atom stereocenters. The number of rotatable bonds is 2. The predicted octanol–water partition coefficient (Wildman–Crippen LogP) is 2.13. The van der Waals surface area contributed by atoms with Crippen molar-refractivity contribution in [2.24, 2.45) is 17.8 Å². The van der Waals surface area contributed by atoms with Crippen LogP contribution in [0.25, 0.3) is 0 Å². The highest BCUT2D eigenvalue weighted by atomic mass is 16.4. The van der Waals surface area contributed by atoms with Crippen LogP contribution in [0.4, 0.5) is 0 Å². The van der Waals surface area contributed by atoms with Crippen LogP contribution < -0.4 is 0 Å². The van der Waals surface area contributed by atoms with Crippen molar-refractivity contribution in [2.75, 3.05) is 6.54 Å². The number of carbonyl (C=O) groups is 2. The molecule has 0 spiro atoms. The van der Waals surface area contributed by atoms with Gasteiger partial charge < -0.3 is 10.0 Å². The van der Waals surface area contributed by atoms with Gasteiger partial charge in [0.2, 0.25) is 5.91 Å². The molecular weight excluding hydrogens is 230 g/mol. The number of amides is 1. The van der Waals surface area contributed by atoms with Crippen molar-refractivity contribution < 1.29 is 14.7 Å². The summed E-state index contributed by atoms with van der Waals surface area (Å²) >= 11 is 0. The van der Waals surface area contributed by atoms with E-state index >= 15 is 0 Å². The average Bonchev–Trinajstić information content (AvgIpc) is 2.38. The van der Waals surface area contributed by atoms with Gasteiger partial charge in [-0.05, 0) is 38.0 Å². The lowest BCUT2D eigenvalue weighted by molar-refractivity contribution is -0.154. The summed E-state index contributed by atoms with van der Waals surface area (Å²) in [4.78, 5) is 25.1. The fraction of sp³-hybridized carbons (Fsp3) is 0.857. The first-order valence-electron chi connectivity index (χ1n) is 7.05. The number of likely N-dealkylation sites (tertiary alicyclic amines) is 1. The first-order chi connectivity index (χ1) is 8.52. The second-order valence-electron chi connectivity index (χ2n) is 5.87. The Balaban J connectivity index is 2.12. The Morgan fingerprint density at radius 2 is 1.89 bits per heavy atom. The summed E-state index contributed by atoms with van der Waals surface area (Å²) in [5.41, 5.74) is 0. The maximum absolute atomic E-state index is 12.2. The number of carbonyl (C=O) groups excluding carboxylic acids is 1. The van der Waals surface area contributed by atoms with E-state index in [2.05, 4.69) is 6.92 Å². The van der Waals surface area contributed by atoms with E-state index in [-0.39, 0.29) is 11.9 Å². The molecule has 1 aliphatic carbocycles. The number of aliphatic carboxylic acids is 1. The molecule has 0 aromatic rings. The normalized spacial score (nSPS) is 33.7. The zero-order valence-corrected chi connectivity index (χ0v) is 11.3. The summed E-state index contributed by atoms with van der Waals surface area (Å²) in [6, 6.07) is 0.289. The molecule has 4 heteroatoms. The third-order valence-corrected chi connectivity index (χ3v) is 4.76. The summed E-state index contributed by atoms with van der Waals surface area (Å²) in [6.07, 6.45) is 5.67. The number of carboxylic acids is 1. The smallest absolute Gasteiger partial charge is 0.315 e. The fourth-order valence-electron chi connectivity index (χ4n) is 3.54. The highest BCUT2D eigenvalue weighted by Gasteiger charge is 2.41. The number of nitrogens with zero attached hydrogens (tertiary/aromatic N) is 1. The zero-order chi connectivity index (χ0) is 13.3. The average molecular weight is 253 g/mol. The van der Waals surface area contributed by atoms with Crippen LogP contribution in [0.5, 0.6) is 0 Å². The van der Waals surface area contributed by atoms with E-state index in [0.717, 1.165) is 19.4 Å². The molecular formula is C14H23NO3. The molecule has 2 aliphatic rings. The van der Waals surface area contributed by atoms with E-state index < -0.39 is 11.9 Å². The number of hydrogen-bond acceptors (Lipinski definition) is 2. The minimum atomic E-state index is -1.01. The van der Waals surface area contributed by atoms with Crippen molar-refractivity contribution in [1.82, 2.24) is 4.90 Å². The molecule has 0 aromatic carbocycles.